The third kappa shape index (κ3) is 4.02. The summed E-state index contributed by atoms with van der Waals surface area (Å²) in [6.07, 6.45) is -4.12. The van der Waals surface area contributed by atoms with Crippen molar-refractivity contribution in [3.63, 3.8) is 0 Å². The van der Waals surface area contributed by atoms with Crippen molar-refractivity contribution >= 4 is 43.1 Å². The standard InChI is InChI=1S/C11H9Cl2F3N2O3S/c12-8-2-7(11(14,15)16)3-17-10(8)18-4-6(1-9(18)19)5-22(13,20)21/h2-3,6H,1,4-5H2. The van der Waals surface area contributed by atoms with Gasteiger partial charge in [0.2, 0.25) is 15.0 Å². The van der Waals surface area contributed by atoms with Gasteiger partial charge in [0.1, 0.15) is 0 Å². The Bertz CT molecular complexity index is 709. The number of alkyl halides is 3. The molecule has 5 nitrogen and oxygen atoms in total. The summed E-state index contributed by atoms with van der Waals surface area (Å²) in [6, 6.07) is 0.669. The number of rotatable bonds is 3. The van der Waals surface area contributed by atoms with E-state index in [0.717, 1.165) is 4.90 Å². The van der Waals surface area contributed by atoms with E-state index in [1.54, 1.807) is 0 Å². The molecule has 1 saturated heterocycles. The molecule has 0 saturated carbocycles. The van der Waals surface area contributed by atoms with Crippen LogP contribution in [0.2, 0.25) is 5.02 Å². The number of hydrogen-bond donors (Lipinski definition) is 0. The summed E-state index contributed by atoms with van der Waals surface area (Å²) in [5, 5.41) is -0.336. The monoisotopic (exact) mass is 376 g/mol. The van der Waals surface area contributed by atoms with Crippen LogP contribution < -0.4 is 4.90 Å². The Morgan fingerprint density at radius 2 is 2.05 bits per heavy atom. The molecular weight excluding hydrogens is 368 g/mol. The largest absolute Gasteiger partial charge is 0.417 e. The Balaban J connectivity index is 2.24. The van der Waals surface area contributed by atoms with E-state index in [1.807, 2.05) is 0 Å². The normalized spacial score (nSPS) is 19.8. The molecule has 1 aliphatic heterocycles. The zero-order valence-corrected chi connectivity index (χ0v) is 13.1. The molecule has 22 heavy (non-hydrogen) atoms. The molecule has 1 aromatic heterocycles. The Kier molecular flexibility index (Phi) is 4.61. The molecule has 1 aromatic rings. The van der Waals surface area contributed by atoms with Crippen LogP contribution in [0.25, 0.3) is 0 Å². The van der Waals surface area contributed by atoms with Gasteiger partial charge in [0.25, 0.3) is 0 Å². The molecular formula is C11H9Cl2F3N2O3S. The molecule has 1 fully saturated rings. The highest BCUT2D eigenvalue weighted by Gasteiger charge is 2.36. The van der Waals surface area contributed by atoms with E-state index >= 15 is 0 Å². The van der Waals surface area contributed by atoms with Crippen LogP contribution in [0, 0.1) is 5.92 Å². The van der Waals surface area contributed by atoms with Crippen molar-refractivity contribution in [3.8, 4) is 0 Å². The van der Waals surface area contributed by atoms with Gasteiger partial charge in [0.15, 0.2) is 5.82 Å². The van der Waals surface area contributed by atoms with Crippen molar-refractivity contribution in [1.82, 2.24) is 4.98 Å². The fourth-order valence-corrected chi connectivity index (χ4v) is 3.75. The smallest absolute Gasteiger partial charge is 0.295 e. The van der Waals surface area contributed by atoms with Gasteiger partial charge in [-0.3, -0.25) is 9.69 Å². The molecule has 2 rings (SSSR count). The average molecular weight is 377 g/mol. The molecule has 2 heterocycles. The summed E-state index contributed by atoms with van der Waals surface area (Å²) < 4.78 is 59.7. The van der Waals surface area contributed by atoms with Gasteiger partial charge in [-0.05, 0) is 6.07 Å². The van der Waals surface area contributed by atoms with Gasteiger partial charge < -0.3 is 0 Å². The van der Waals surface area contributed by atoms with Gasteiger partial charge in [0.05, 0.1) is 16.3 Å². The molecule has 1 atom stereocenters. The number of carbonyl (C=O) groups is 1. The first-order valence-electron chi connectivity index (χ1n) is 5.93. The number of halogens is 5. The lowest BCUT2D eigenvalue weighted by molar-refractivity contribution is -0.137. The number of hydrogen-bond acceptors (Lipinski definition) is 4. The number of nitrogens with zero attached hydrogens (tertiary/aromatic N) is 2. The van der Waals surface area contributed by atoms with Crippen molar-refractivity contribution in [2.45, 2.75) is 12.6 Å². The van der Waals surface area contributed by atoms with Crippen LogP contribution in [0.15, 0.2) is 12.3 Å². The highest BCUT2D eigenvalue weighted by Crippen LogP contribution is 2.35. The van der Waals surface area contributed by atoms with Crippen LogP contribution in [0.3, 0.4) is 0 Å². The van der Waals surface area contributed by atoms with E-state index in [0.29, 0.717) is 12.3 Å². The van der Waals surface area contributed by atoms with E-state index in [9.17, 15) is 26.4 Å². The van der Waals surface area contributed by atoms with Gasteiger partial charge in [-0.1, -0.05) is 11.6 Å². The fourth-order valence-electron chi connectivity index (χ4n) is 2.16. The van der Waals surface area contributed by atoms with E-state index in [2.05, 4.69) is 4.98 Å². The first-order chi connectivity index (χ1) is 9.97. The minimum absolute atomic E-state index is 0.0249. The van der Waals surface area contributed by atoms with Crippen molar-refractivity contribution in [2.75, 3.05) is 17.2 Å². The van der Waals surface area contributed by atoms with Crippen LogP contribution in [-0.4, -0.2) is 31.6 Å². The predicted molar refractivity (Wildman–Crippen MR) is 74.3 cm³/mol. The zero-order valence-electron chi connectivity index (χ0n) is 10.8. The topological polar surface area (TPSA) is 67.3 Å². The van der Waals surface area contributed by atoms with Gasteiger partial charge in [-0.2, -0.15) is 13.2 Å². The van der Waals surface area contributed by atoms with Gasteiger partial charge in [-0.25, -0.2) is 13.4 Å². The summed E-state index contributed by atoms with van der Waals surface area (Å²) in [4.78, 5) is 16.5. The van der Waals surface area contributed by atoms with Crippen LogP contribution >= 0.6 is 22.3 Å². The maximum atomic E-state index is 12.5. The minimum atomic E-state index is -4.60. The first kappa shape index (κ1) is 17.3. The van der Waals surface area contributed by atoms with Crippen LogP contribution in [-0.2, 0) is 20.0 Å². The van der Waals surface area contributed by atoms with Crippen LogP contribution in [0.5, 0.6) is 0 Å². The Morgan fingerprint density at radius 3 is 2.55 bits per heavy atom. The molecule has 122 valence electrons. The maximum Gasteiger partial charge on any atom is 0.417 e. The van der Waals surface area contributed by atoms with Crippen molar-refractivity contribution < 1.29 is 26.4 Å². The predicted octanol–water partition coefficient (Wildman–Crippen LogP) is 2.68. The Labute approximate surface area is 133 Å². The number of anilines is 1. The summed E-state index contributed by atoms with van der Waals surface area (Å²) in [7, 11) is 1.35. The van der Waals surface area contributed by atoms with Crippen molar-refractivity contribution in [1.29, 1.82) is 0 Å². The number of pyridine rings is 1. The lowest BCUT2D eigenvalue weighted by atomic mass is 10.1. The fraction of sp³-hybridized carbons (Fsp3) is 0.455. The van der Waals surface area contributed by atoms with Gasteiger partial charge in [-0.15, -0.1) is 0 Å². The summed E-state index contributed by atoms with van der Waals surface area (Å²) in [6.45, 7) is -0.0249. The molecule has 0 bridgehead atoms. The summed E-state index contributed by atoms with van der Waals surface area (Å²) in [5.41, 5.74) is -1.03. The zero-order chi connectivity index (χ0) is 16.7. The van der Waals surface area contributed by atoms with E-state index in [-0.39, 0.29) is 23.8 Å². The lowest BCUT2D eigenvalue weighted by Crippen LogP contribution is -2.27. The highest BCUT2D eigenvalue weighted by atomic mass is 35.7. The lowest BCUT2D eigenvalue weighted by Gasteiger charge is -2.17. The van der Waals surface area contributed by atoms with Crippen molar-refractivity contribution in [3.05, 3.63) is 22.8 Å². The van der Waals surface area contributed by atoms with Gasteiger partial charge in [0, 0.05) is 35.8 Å². The molecule has 0 spiro atoms. The SMILES string of the molecule is O=C1CC(CS(=O)(=O)Cl)CN1c1ncc(C(F)(F)F)cc1Cl. The van der Waals surface area contributed by atoms with E-state index in [1.165, 1.54) is 0 Å². The second-order valence-corrected chi connectivity index (χ2v) is 8.04. The maximum absolute atomic E-state index is 12.5. The molecule has 0 radical (unpaired) electrons. The third-order valence-electron chi connectivity index (χ3n) is 3.04. The average Bonchev–Trinajstić information content (AvgIpc) is 2.66. The highest BCUT2D eigenvalue weighted by molar-refractivity contribution is 8.13. The number of carbonyl (C=O) groups excluding carboxylic acids is 1. The van der Waals surface area contributed by atoms with Crippen LogP contribution in [0.1, 0.15) is 12.0 Å². The second kappa shape index (κ2) is 5.86. The first-order valence-corrected chi connectivity index (χ1v) is 8.78. The molecule has 1 unspecified atom stereocenters. The molecule has 1 amide bonds. The molecule has 0 aliphatic carbocycles. The van der Waals surface area contributed by atoms with E-state index < -0.39 is 38.4 Å². The number of aromatic nitrogens is 1. The molecule has 11 heteroatoms. The van der Waals surface area contributed by atoms with Crippen molar-refractivity contribution in [2.24, 2.45) is 5.92 Å². The van der Waals surface area contributed by atoms with Gasteiger partial charge >= 0.3 is 6.18 Å². The minimum Gasteiger partial charge on any atom is -0.295 e. The quantitative estimate of drug-likeness (QED) is 0.760. The third-order valence-corrected chi connectivity index (χ3v) is 4.57. The van der Waals surface area contributed by atoms with E-state index in [4.69, 9.17) is 22.3 Å². The summed E-state index contributed by atoms with van der Waals surface area (Å²) >= 11 is 5.76. The molecule has 0 aromatic carbocycles. The number of amides is 1. The Hall–Kier alpha value is -1.06. The molecule has 1 aliphatic rings. The van der Waals surface area contributed by atoms with Crippen LogP contribution in [0.4, 0.5) is 19.0 Å². The molecule has 0 N–H and O–H groups in total. The Morgan fingerprint density at radius 1 is 1.41 bits per heavy atom. The summed E-state index contributed by atoms with van der Waals surface area (Å²) in [5.74, 6) is -1.57. The second-order valence-electron chi connectivity index (χ2n) is 4.81.